The molecule has 0 spiro atoms. The third-order valence-electron chi connectivity index (χ3n) is 5.67. The van der Waals surface area contributed by atoms with Crippen LogP contribution in [0.1, 0.15) is 27.5 Å². The maximum atomic E-state index is 12.8. The molecule has 2 heterocycles. The average Bonchev–Trinajstić information content (AvgIpc) is 3.35. The number of amides is 2. The lowest BCUT2D eigenvalue weighted by molar-refractivity contribution is -0.192. The van der Waals surface area contributed by atoms with Crippen molar-refractivity contribution < 1.29 is 45.8 Å². The molecule has 204 valence electrons. The first kappa shape index (κ1) is 28.4. The molecule has 15 heteroatoms. The first-order chi connectivity index (χ1) is 17.7. The number of H-pyrrole nitrogens is 1. The van der Waals surface area contributed by atoms with Crippen molar-refractivity contribution in [3.63, 3.8) is 0 Å². The minimum atomic E-state index is -5.08. The molecule has 38 heavy (non-hydrogen) atoms. The van der Waals surface area contributed by atoms with Gasteiger partial charge in [0.2, 0.25) is 5.91 Å². The SMILES string of the molecule is NC(C(=O)N1CCN(C(=O)c2ccc3[nH]ncc3c2)CC1)c1ccc(C(F)(F)F)cc1.O=C(O)C(F)(F)F. The second-order valence-corrected chi connectivity index (χ2v) is 8.19. The molecule has 4 N–H and O–H groups in total. The molecule has 1 unspecified atom stereocenters. The van der Waals surface area contributed by atoms with Crippen molar-refractivity contribution in [2.75, 3.05) is 26.2 Å². The smallest absolute Gasteiger partial charge is 0.475 e. The number of rotatable bonds is 3. The predicted octanol–water partition coefficient (Wildman–Crippen LogP) is 3.20. The molecule has 0 radical (unpaired) electrons. The number of hydrogen-bond acceptors (Lipinski definition) is 5. The highest BCUT2D eigenvalue weighted by Gasteiger charge is 2.38. The van der Waals surface area contributed by atoms with Crippen LogP contribution in [0.5, 0.6) is 0 Å². The van der Waals surface area contributed by atoms with Gasteiger partial charge in [-0.05, 0) is 35.9 Å². The number of carbonyl (C=O) groups excluding carboxylic acids is 2. The van der Waals surface area contributed by atoms with E-state index in [1.807, 2.05) is 0 Å². The summed E-state index contributed by atoms with van der Waals surface area (Å²) in [6.45, 7) is 1.28. The van der Waals surface area contributed by atoms with Gasteiger partial charge in [0.25, 0.3) is 5.91 Å². The molecule has 1 fully saturated rings. The van der Waals surface area contributed by atoms with E-state index in [1.165, 1.54) is 17.0 Å². The number of benzene rings is 2. The molecular formula is C23H21F6N5O4. The zero-order valence-electron chi connectivity index (χ0n) is 19.4. The molecule has 4 rings (SSSR count). The van der Waals surface area contributed by atoms with E-state index < -0.39 is 29.9 Å². The van der Waals surface area contributed by atoms with Crippen LogP contribution in [0.2, 0.25) is 0 Å². The quantitative estimate of drug-likeness (QED) is 0.433. The lowest BCUT2D eigenvalue weighted by Gasteiger charge is -2.36. The molecule has 0 saturated carbocycles. The van der Waals surface area contributed by atoms with E-state index in [0.717, 1.165) is 23.0 Å². The fraction of sp³-hybridized carbons (Fsp3) is 0.304. The summed E-state index contributed by atoms with van der Waals surface area (Å²) in [5.74, 6) is -3.28. The van der Waals surface area contributed by atoms with Crippen molar-refractivity contribution in [1.82, 2.24) is 20.0 Å². The molecule has 3 aromatic rings. The third kappa shape index (κ3) is 6.79. The highest BCUT2D eigenvalue weighted by Crippen LogP contribution is 2.30. The number of piperazine rings is 1. The van der Waals surface area contributed by atoms with Crippen LogP contribution in [0.25, 0.3) is 10.9 Å². The lowest BCUT2D eigenvalue weighted by Crippen LogP contribution is -2.52. The molecule has 1 saturated heterocycles. The number of nitrogens with one attached hydrogen (secondary N) is 1. The number of halogens is 6. The summed E-state index contributed by atoms with van der Waals surface area (Å²) >= 11 is 0. The summed E-state index contributed by atoms with van der Waals surface area (Å²) in [5.41, 5.74) is 6.88. The van der Waals surface area contributed by atoms with Gasteiger partial charge in [0.15, 0.2) is 0 Å². The number of aliphatic carboxylic acids is 1. The first-order valence-corrected chi connectivity index (χ1v) is 10.9. The minimum Gasteiger partial charge on any atom is -0.475 e. The van der Waals surface area contributed by atoms with Gasteiger partial charge in [0.05, 0.1) is 17.3 Å². The molecular weight excluding hydrogens is 524 g/mol. The van der Waals surface area contributed by atoms with Crippen LogP contribution < -0.4 is 5.73 Å². The zero-order valence-corrected chi connectivity index (χ0v) is 19.4. The maximum absolute atomic E-state index is 12.8. The van der Waals surface area contributed by atoms with Gasteiger partial charge in [-0.1, -0.05) is 12.1 Å². The number of alkyl halides is 6. The van der Waals surface area contributed by atoms with E-state index in [4.69, 9.17) is 15.6 Å². The Hall–Kier alpha value is -4.14. The van der Waals surface area contributed by atoms with E-state index in [-0.39, 0.29) is 11.8 Å². The summed E-state index contributed by atoms with van der Waals surface area (Å²) in [5, 5.41) is 14.7. The van der Waals surface area contributed by atoms with Crippen molar-refractivity contribution in [3.8, 4) is 0 Å². The van der Waals surface area contributed by atoms with E-state index >= 15 is 0 Å². The van der Waals surface area contributed by atoms with Crippen LogP contribution in [0.3, 0.4) is 0 Å². The fourth-order valence-corrected chi connectivity index (χ4v) is 3.61. The van der Waals surface area contributed by atoms with Gasteiger partial charge in [0.1, 0.15) is 6.04 Å². The lowest BCUT2D eigenvalue weighted by atomic mass is 10.0. The molecule has 2 amide bonds. The molecule has 9 nitrogen and oxygen atoms in total. The summed E-state index contributed by atoms with van der Waals surface area (Å²) in [7, 11) is 0. The summed E-state index contributed by atoms with van der Waals surface area (Å²) in [6.07, 6.45) is -7.89. The Morgan fingerprint density at radius 2 is 1.47 bits per heavy atom. The molecule has 1 aromatic heterocycles. The van der Waals surface area contributed by atoms with Crippen molar-refractivity contribution >= 4 is 28.7 Å². The van der Waals surface area contributed by atoms with Gasteiger partial charge in [0, 0.05) is 37.1 Å². The van der Waals surface area contributed by atoms with Crippen molar-refractivity contribution in [2.45, 2.75) is 18.4 Å². The summed E-state index contributed by atoms with van der Waals surface area (Å²) in [6, 6.07) is 8.48. The predicted molar refractivity (Wildman–Crippen MR) is 121 cm³/mol. The topological polar surface area (TPSA) is 133 Å². The molecule has 0 aliphatic carbocycles. The largest absolute Gasteiger partial charge is 0.490 e. The number of nitrogens with two attached hydrogens (primary N) is 1. The van der Waals surface area contributed by atoms with Crippen LogP contribution in [-0.4, -0.2) is 75.2 Å². The Morgan fingerprint density at radius 3 is 2.00 bits per heavy atom. The van der Waals surface area contributed by atoms with Crippen LogP contribution in [0, 0.1) is 0 Å². The van der Waals surface area contributed by atoms with Crippen molar-refractivity contribution in [2.24, 2.45) is 5.73 Å². The maximum Gasteiger partial charge on any atom is 0.490 e. The van der Waals surface area contributed by atoms with Gasteiger partial charge < -0.3 is 20.6 Å². The second kappa shape index (κ2) is 11.1. The van der Waals surface area contributed by atoms with Gasteiger partial charge in [-0.2, -0.15) is 31.4 Å². The van der Waals surface area contributed by atoms with Gasteiger partial charge in [-0.15, -0.1) is 0 Å². The number of carboxylic acid groups (broad SMARTS) is 1. The first-order valence-electron chi connectivity index (χ1n) is 10.9. The van der Waals surface area contributed by atoms with Crippen LogP contribution in [-0.2, 0) is 15.8 Å². The van der Waals surface area contributed by atoms with Gasteiger partial charge in [-0.25, -0.2) is 4.79 Å². The number of nitrogens with zero attached hydrogens (tertiary/aromatic N) is 3. The Balaban J connectivity index is 0.000000505. The summed E-state index contributed by atoms with van der Waals surface area (Å²) in [4.78, 5) is 37.6. The van der Waals surface area contributed by atoms with Gasteiger partial charge >= 0.3 is 18.3 Å². The third-order valence-corrected chi connectivity index (χ3v) is 5.67. The molecule has 2 aromatic carbocycles. The number of carbonyl (C=O) groups is 3. The van der Waals surface area contributed by atoms with E-state index in [9.17, 15) is 35.9 Å². The van der Waals surface area contributed by atoms with E-state index in [2.05, 4.69) is 10.2 Å². The highest BCUT2D eigenvalue weighted by atomic mass is 19.4. The number of aromatic nitrogens is 2. The van der Waals surface area contributed by atoms with Gasteiger partial charge in [-0.3, -0.25) is 14.7 Å². The van der Waals surface area contributed by atoms with Crippen LogP contribution in [0.4, 0.5) is 26.3 Å². The Kier molecular flexibility index (Phi) is 8.29. The Morgan fingerprint density at radius 1 is 0.921 bits per heavy atom. The number of carboxylic acids is 1. The van der Waals surface area contributed by atoms with Crippen LogP contribution in [0.15, 0.2) is 48.7 Å². The van der Waals surface area contributed by atoms with Crippen molar-refractivity contribution in [1.29, 1.82) is 0 Å². The zero-order chi connectivity index (χ0) is 28.3. The van der Waals surface area contributed by atoms with Crippen molar-refractivity contribution in [3.05, 3.63) is 65.4 Å². The number of aromatic amines is 1. The molecule has 1 atom stereocenters. The van der Waals surface area contributed by atoms with E-state index in [1.54, 1.807) is 29.3 Å². The fourth-order valence-electron chi connectivity index (χ4n) is 3.61. The summed E-state index contributed by atoms with van der Waals surface area (Å²) < 4.78 is 69.9. The highest BCUT2D eigenvalue weighted by molar-refractivity contribution is 5.98. The minimum absolute atomic E-state index is 0.137. The number of hydrogen-bond donors (Lipinski definition) is 3. The van der Waals surface area contributed by atoms with E-state index in [0.29, 0.717) is 37.3 Å². The van der Waals surface area contributed by atoms with Crippen LogP contribution >= 0.6 is 0 Å². The normalized spacial score (nSPS) is 15.0. The molecule has 0 bridgehead atoms. The standard InChI is InChI=1S/C21H20F3N5O2.C2HF3O2/c22-21(23,24)16-4-1-13(2-5-16)18(25)20(31)29-9-7-28(8-10-29)19(30)14-3-6-17-15(11-14)12-26-27-17;3-2(4,5)1(6)7/h1-6,11-12,18H,7-10,25H2,(H,26,27);(H,6,7). The Bertz CT molecular complexity index is 1300. The Labute approximate surface area is 210 Å². The monoisotopic (exact) mass is 545 g/mol. The molecule has 1 aliphatic heterocycles. The average molecular weight is 545 g/mol. The number of fused-ring (bicyclic) bond motifs is 1. The second-order valence-electron chi connectivity index (χ2n) is 8.19. The molecule has 1 aliphatic rings.